The Morgan fingerprint density at radius 3 is 2.57 bits per heavy atom. The lowest BCUT2D eigenvalue weighted by atomic mass is 10.1. The molecule has 0 aromatic heterocycles. The zero-order valence-electron chi connectivity index (χ0n) is 15.0. The van der Waals surface area contributed by atoms with Gasteiger partial charge in [0, 0.05) is 10.7 Å². The van der Waals surface area contributed by atoms with Crippen molar-refractivity contribution in [1.82, 2.24) is 0 Å². The largest absolute Gasteiger partial charge is 0.490 e. The molecule has 1 amide bonds. The summed E-state index contributed by atoms with van der Waals surface area (Å²) >= 11 is 12.1. The minimum Gasteiger partial charge on any atom is -0.490 e. The van der Waals surface area contributed by atoms with Crippen molar-refractivity contribution in [3.8, 4) is 29.9 Å². The Bertz CT molecular complexity index is 971. The van der Waals surface area contributed by atoms with E-state index in [2.05, 4.69) is 11.2 Å². The van der Waals surface area contributed by atoms with E-state index < -0.39 is 5.91 Å². The molecule has 0 aliphatic carbocycles. The van der Waals surface area contributed by atoms with Crippen molar-refractivity contribution in [2.75, 3.05) is 18.5 Å². The van der Waals surface area contributed by atoms with Crippen molar-refractivity contribution in [3.63, 3.8) is 0 Å². The molecule has 0 heterocycles. The SMILES string of the molecule is C#CCOc1c(Cl)cc(/C=C(\C#N)C(=O)Nc2ccc(Cl)cc2)cc1OCC. The Morgan fingerprint density at radius 2 is 1.96 bits per heavy atom. The summed E-state index contributed by atoms with van der Waals surface area (Å²) in [7, 11) is 0. The number of carbonyl (C=O) groups excluding carboxylic acids is 1. The zero-order valence-corrected chi connectivity index (χ0v) is 16.5. The van der Waals surface area contributed by atoms with Crippen LogP contribution in [0.4, 0.5) is 5.69 Å². The Kier molecular flexibility index (Phi) is 7.77. The van der Waals surface area contributed by atoms with Crippen molar-refractivity contribution < 1.29 is 14.3 Å². The van der Waals surface area contributed by atoms with Gasteiger partial charge < -0.3 is 14.8 Å². The fourth-order valence-corrected chi connectivity index (χ4v) is 2.63. The molecule has 0 unspecified atom stereocenters. The van der Waals surface area contributed by atoms with Crippen LogP contribution in [0.1, 0.15) is 12.5 Å². The van der Waals surface area contributed by atoms with Crippen LogP contribution in [0, 0.1) is 23.7 Å². The number of halogens is 2. The van der Waals surface area contributed by atoms with Gasteiger partial charge >= 0.3 is 0 Å². The van der Waals surface area contributed by atoms with Crippen LogP contribution >= 0.6 is 23.2 Å². The number of hydrogen-bond acceptors (Lipinski definition) is 4. The Labute approximate surface area is 173 Å². The van der Waals surface area contributed by atoms with Gasteiger partial charge in [0.1, 0.15) is 18.2 Å². The van der Waals surface area contributed by atoms with Gasteiger partial charge in [-0.25, -0.2) is 0 Å². The summed E-state index contributed by atoms with van der Waals surface area (Å²) in [4.78, 5) is 12.4. The predicted octanol–water partition coefficient (Wildman–Crippen LogP) is 4.95. The number of benzene rings is 2. The van der Waals surface area contributed by atoms with E-state index in [1.165, 1.54) is 6.08 Å². The van der Waals surface area contributed by atoms with E-state index in [4.69, 9.17) is 39.1 Å². The third-order valence-corrected chi connectivity index (χ3v) is 3.94. The number of nitrogens with zero attached hydrogens (tertiary/aromatic N) is 1. The van der Waals surface area contributed by atoms with Crippen LogP contribution in [0.25, 0.3) is 6.08 Å². The van der Waals surface area contributed by atoms with Gasteiger partial charge in [-0.15, -0.1) is 6.42 Å². The first kappa shape index (κ1) is 21.2. The zero-order chi connectivity index (χ0) is 20.5. The fraction of sp³-hybridized carbons (Fsp3) is 0.143. The lowest BCUT2D eigenvalue weighted by molar-refractivity contribution is -0.112. The van der Waals surface area contributed by atoms with Gasteiger partial charge in [-0.2, -0.15) is 5.26 Å². The second-order valence-electron chi connectivity index (χ2n) is 5.39. The quantitative estimate of drug-likeness (QED) is 0.395. The number of nitriles is 1. The minimum atomic E-state index is -0.563. The molecule has 0 spiro atoms. The van der Waals surface area contributed by atoms with E-state index >= 15 is 0 Å². The van der Waals surface area contributed by atoms with Crippen LogP contribution in [0.5, 0.6) is 11.5 Å². The monoisotopic (exact) mass is 414 g/mol. The van der Waals surface area contributed by atoms with E-state index in [-0.39, 0.29) is 17.2 Å². The first-order valence-corrected chi connectivity index (χ1v) is 8.95. The highest BCUT2D eigenvalue weighted by Gasteiger charge is 2.14. The molecule has 5 nitrogen and oxygen atoms in total. The third kappa shape index (κ3) is 5.69. The molecule has 2 aromatic rings. The van der Waals surface area contributed by atoms with E-state index in [1.54, 1.807) is 36.4 Å². The molecule has 0 aliphatic heterocycles. The molecule has 0 aliphatic rings. The van der Waals surface area contributed by atoms with Gasteiger partial charge in [0.05, 0.1) is 11.6 Å². The summed E-state index contributed by atoms with van der Waals surface area (Å²) in [5.74, 6) is 2.47. The number of carbonyl (C=O) groups is 1. The maximum absolute atomic E-state index is 12.4. The molecule has 1 N–H and O–H groups in total. The van der Waals surface area contributed by atoms with Gasteiger partial charge in [0.15, 0.2) is 11.5 Å². The molecular formula is C21H16Cl2N2O3. The number of amides is 1. The molecule has 7 heteroatoms. The van der Waals surface area contributed by atoms with Crippen molar-refractivity contribution in [3.05, 3.63) is 57.6 Å². The summed E-state index contributed by atoms with van der Waals surface area (Å²) in [6, 6.07) is 11.6. The summed E-state index contributed by atoms with van der Waals surface area (Å²) in [6.45, 7) is 2.21. The summed E-state index contributed by atoms with van der Waals surface area (Å²) in [5.41, 5.74) is 0.914. The molecule has 142 valence electrons. The normalized spacial score (nSPS) is 10.5. The minimum absolute atomic E-state index is 0.0297. The number of nitrogens with one attached hydrogen (secondary N) is 1. The summed E-state index contributed by atoms with van der Waals surface area (Å²) in [5, 5.41) is 12.8. The molecule has 0 radical (unpaired) electrons. The number of anilines is 1. The summed E-state index contributed by atoms with van der Waals surface area (Å²) in [6.07, 6.45) is 6.62. The summed E-state index contributed by atoms with van der Waals surface area (Å²) < 4.78 is 11.0. The number of ether oxygens (including phenoxy) is 2. The van der Waals surface area contributed by atoms with Crippen LogP contribution < -0.4 is 14.8 Å². The van der Waals surface area contributed by atoms with Gasteiger partial charge in [-0.3, -0.25) is 4.79 Å². The Hall–Kier alpha value is -3.12. The van der Waals surface area contributed by atoms with Gasteiger partial charge in [0.2, 0.25) is 0 Å². The highest BCUT2D eigenvalue weighted by Crippen LogP contribution is 2.37. The molecule has 2 rings (SSSR count). The van der Waals surface area contributed by atoms with Crippen molar-refractivity contribution in [1.29, 1.82) is 5.26 Å². The number of hydrogen-bond donors (Lipinski definition) is 1. The molecule has 0 fully saturated rings. The Balaban J connectivity index is 2.32. The molecule has 0 bridgehead atoms. The Morgan fingerprint density at radius 1 is 1.25 bits per heavy atom. The van der Waals surface area contributed by atoms with Crippen LogP contribution in [0.2, 0.25) is 10.0 Å². The predicted molar refractivity (Wildman–Crippen MR) is 111 cm³/mol. The first-order chi connectivity index (χ1) is 13.5. The highest BCUT2D eigenvalue weighted by atomic mass is 35.5. The van der Waals surface area contributed by atoms with Crippen molar-refractivity contribution in [2.45, 2.75) is 6.92 Å². The molecule has 2 aromatic carbocycles. The van der Waals surface area contributed by atoms with Crippen molar-refractivity contribution >= 4 is 40.9 Å². The number of rotatable bonds is 7. The topological polar surface area (TPSA) is 71.3 Å². The van der Waals surface area contributed by atoms with E-state index in [0.717, 1.165) is 0 Å². The van der Waals surface area contributed by atoms with Crippen molar-refractivity contribution in [2.24, 2.45) is 0 Å². The second kappa shape index (κ2) is 10.3. The second-order valence-corrected chi connectivity index (χ2v) is 6.23. The lowest BCUT2D eigenvalue weighted by Crippen LogP contribution is -2.13. The van der Waals surface area contributed by atoms with Crippen LogP contribution in [-0.2, 0) is 4.79 Å². The van der Waals surface area contributed by atoms with Gasteiger partial charge in [-0.1, -0.05) is 29.1 Å². The molecule has 0 atom stereocenters. The molecule has 0 saturated heterocycles. The third-order valence-electron chi connectivity index (χ3n) is 3.41. The van der Waals surface area contributed by atoms with E-state index in [9.17, 15) is 10.1 Å². The maximum Gasteiger partial charge on any atom is 0.266 e. The number of terminal acetylenes is 1. The van der Waals surface area contributed by atoms with E-state index in [0.29, 0.717) is 34.4 Å². The van der Waals surface area contributed by atoms with Crippen LogP contribution in [0.15, 0.2) is 42.0 Å². The molecule has 0 saturated carbocycles. The van der Waals surface area contributed by atoms with E-state index in [1.807, 2.05) is 13.0 Å². The highest BCUT2D eigenvalue weighted by molar-refractivity contribution is 6.32. The smallest absolute Gasteiger partial charge is 0.266 e. The van der Waals surface area contributed by atoms with Gasteiger partial charge in [0.25, 0.3) is 5.91 Å². The fourth-order valence-electron chi connectivity index (χ4n) is 2.24. The average Bonchev–Trinajstić information content (AvgIpc) is 2.67. The average molecular weight is 415 g/mol. The maximum atomic E-state index is 12.4. The first-order valence-electron chi connectivity index (χ1n) is 8.19. The van der Waals surface area contributed by atoms with Crippen LogP contribution in [-0.4, -0.2) is 19.1 Å². The standard InChI is InChI=1S/C21H16Cl2N2O3/c1-3-9-28-20-18(23)11-14(12-19(20)27-4-2)10-15(13-24)21(26)25-17-7-5-16(22)6-8-17/h1,5-8,10-12H,4,9H2,2H3,(H,25,26)/b15-10+. The van der Waals surface area contributed by atoms with Gasteiger partial charge in [-0.05, 0) is 55.0 Å². The van der Waals surface area contributed by atoms with Crippen LogP contribution in [0.3, 0.4) is 0 Å². The lowest BCUT2D eigenvalue weighted by Gasteiger charge is -2.13. The molecular weight excluding hydrogens is 399 g/mol. The molecule has 28 heavy (non-hydrogen) atoms.